The first-order chi connectivity index (χ1) is 8.63. The molecule has 0 bridgehead atoms. The van der Waals surface area contributed by atoms with E-state index >= 15 is 0 Å². The monoisotopic (exact) mass is 254 g/mol. The molecule has 1 aliphatic heterocycles. The highest BCUT2D eigenvalue weighted by molar-refractivity contribution is 5.87. The van der Waals surface area contributed by atoms with Gasteiger partial charge < -0.3 is 15.7 Å². The standard InChI is InChI=1S/C13H22N2O3/c1-2-4-10(13(17)18)15-12(16)11-9-6-3-5-8(9)7-14-11/h8-11,14H,2-7H2,1H3,(H,15,16)(H,17,18). The van der Waals surface area contributed by atoms with Crippen molar-refractivity contribution >= 4 is 11.9 Å². The third-order valence-electron chi connectivity index (χ3n) is 4.22. The number of amides is 1. The van der Waals surface area contributed by atoms with Gasteiger partial charge in [0.15, 0.2) is 0 Å². The molecule has 5 nitrogen and oxygen atoms in total. The van der Waals surface area contributed by atoms with Gasteiger partial charge in [-0.25, -0.2) is 4.79 Å². The molecule has 18 heavy (non-hydrogen) atoms. The number of hydrogen-bond acceptors (Lipinski definition) is 3. The number of carboxylic acid groups (broad SMARTS) is 1. The number of carbonyl (C=O) groups is 2. The van der Waals surface area contributed by atoms with E-state index in [9.17, 15) is 9.59 Å². The molecule has 2 fully saturated rings. The first kappa shape index (κ1) is 13.3. The molecule has 0 aromatic heterocycles. The van der Waals surface area contributed by atoms with Gasteiger partial charge in [0, 0.05) is 0 Å². The van der Waals surface area contributed by atoms with E-state index in [2.05, 4.69) is 10.6 Å². The minimum Gasteiger partial charge on any atom is -0.480 e. The first-order valence-corrected chi connectivity index (χ1v) is 6.90. The summed E-state index contributed by atoms with van der Waals surface area (Å²) in [5, 5.41) is 15.0. The van der Waals surface area contributed by atoms with Gasteiger partial charge in [-0.3, -0.25) is 4.79 Å². The molecule has 0 aromatic carbocycles. The van der Waals surface area contributed by atoms with E-state index in [0.717, 1.165) is 19.4 Å². The van der Waals surface area contributed by atoms with Gasteiger partial charge in [-0.1, -0.05) is 19.8 Å². The zero-order valence-electron chi connectivity index (χ0n) is 10.8. The van der Waals surface area contributed by atoms with Crippen molar-refractivity contribution in [2.24, 2.45) is 11.8 Å². The number of carboxylic acids is 1. The van der Waals surface area contributed by atoms with Gasteiger partial charge >= 0.3 is 5.97 Å². The second kappa shape index (κ2) is 5.69. The van der Waals surface area contributed by atoms with Crippen molar-refractivity contribution in [3.05, 3.63) is 0 Å². The van der Waals surface area contributed by atoms with Gasteiger partial charge in [-0.05, 0) is 37.6 Å². The fourth-order valence-corrected chi connectivity index (χ4v) is 3.28. The lowest BCUT2D eigenvalue weighted by Gasteiger charge is -2.20. The molecule has 0 aromatic rings. The molecule has 5 heteroatoms. The summed E-state index contributed by atoms with van der Waals surface area (Å²) in [7, 11) is 0. The van der Waals surface area contributed by atoms with Crippen LogP contribution in [0.3, 0.4) is 0 Å². The summed E-state index contributed by atoms with van der Waals surface area (Å²) in [6, 6.07) is -0.930. The fraction of sp³-hybridized carbons (Fsp3) is 0.846. The molecule has 4 unspecified atom stereocenters. The van der Waals surface area contributed by atoms with Crippen LogP contribution in [0, 0.1) is 11.8 Å². The Morgan fingerprint density at radius 3 is 2.89 bits per heavy atom. The largest absolute Gasteiger partial charge is 0.480 e. The van der Waals surface area contributed by atoms with Gasteiger partial charge in [0.25, 0.3) is 0 Å². The number of fused-ring (bicyclic) bond motifs is 1. The molecule has 3 N–H and O–H groups in total. The highest BCUT2D eigenvalue weighted by Crippen LogP contribution is 2.37. The second-order valence-corrected chi connectivity index (χ2v) is 5.43. The van der Waals surface area contributed by atoms with E-state index in [1.807, 2.05) is 6.92 Å². The lowest BCUT2D eigenvalue weighted by Crippen LogP contribution is -2.50. The van der Waals surface area contributed by atoms with Crippen LogP contribution in [0.5, 0.6) is 0 Å². The number of hydrogen-bond donors (Lipinski definition) is 3. The van der Waals surface area contributed by atoms with E-state index < -0.39 is 12.0 Å². The Balaban J connectivity index is 1.92. The molecule has 1 amide bonds. The minimum absolute atomic E-state index is 0.134. The maximum atomic E-state index is 12.1. The van der Waals surface area contributed by atoms with Gasteiger partial charge in [0.05, 0.1) is 6.04 Å². The van der Waals surface area contributed by atoms with Gasteiger partial charge in [0.2, 0.25) is 5.91 Å². The van der Waals surface area contributed by atoms with Crippen LogP contribution in [0.15, 0.2) is 0 Å². The smallest absolute Gasteiger partial charge is 0.326 e. The third kappa shape index (κ3) is 2.66. The maximum Gasteiger partial charge on any atom is 0.326 e. The summed E-state index contributed by atoms with van der Waals surface area (Å²) >= 11 is 0. The molecule has 102 valence electrons. The van der Waals surface area contributed by atoms with Crippen molar-refractivity contribution in [2.45, 2.75) is 51.1 Å². The van der Waals surface area contributed by atoms with Gasteiger partial charge in [-0.15, -0.1) is 0 Å². The van der Waals surface area contributed by atoms with Gasteiger partial charge in [-0.2, -0.15) is 0 Å². The fourth-order valence-electron chi connectivity index (χ4n) is 3.28. The third-order valence-corrected chi connectivity index (χ3v) is 4.22. The van der Waals surface area contributed by atoms with Crippen LogP contribution in [-0.2, 0) is 9.59 Å². The zero-order valence-corrected chi connectivity index (χ0v) is 10.8. The Bertz CT molecular complexity index is 332. The average molecular weight is 254 g/mol. The van der Waals surface area contributed by atoms with Crippen molar-refractivity contribution in [1.82, 2.24) is 10.6 Å². The average Bonchev–Trinajstić information content (AvgIpc) is 2.89. The Hall–Kier alpha value is -1.10. The topological polar surface area (TPSA) is 78.4 Å². The van der Waals surface area contributed by atoms with Crippen LogP contribution in [0.1, 0.15) is 39.0 Å². The van der Waals surface area contributed by atoms with Gasteiger partial charge in [0.1, 0.15) is 6.04 Å². The Kier molecular flexibility index (Phi) is 4.22. The first-order valence-electron chi connectivity index (χ1n) is 6.90. The van der Waals surface area contributed by atoms with Crippen molar-refractivity contribution in [3.63, 3.8) is 0 Å². The summed E-state index contributed by atoms with van der Waals surface area (Å²) in [6.45, 7) is 2.82. The van der Waals surface area contributed by atoms with E-state index in [4.69, 9.17) is 5.11 Å². The number of aliphatic carboxylic acids is 1. The van der Waals surface area contributed by atoms with Crippen LogP contribution >= 0.6 is 0 Å². The molecule has 2 aliphatic rings. The van der Waals surface area contributed by atoms with E-state index in [1.54, 1.807) is 0 Å². The minimum atomic E-state index is -0.939. The van der Waals surface area contributed by atoms with E-state index in [-0.39, 0.29) is 11.9 Å². The molecule has 0 radical (unpaired) electrons. The van der Waals surface area contributed by atoms with Crippen molar-refractivity contribution < 1.29 is 14.7 Å². The van der Waals surface area contributed by atoms with Crippen LogP contribution in [0.25, 0.3) is 0 Å². The molecular weight excluding hydrogens is 232 g/mol. The molecule has 1 saturated carbocycles. The highest BCUT2D eigenvalue weighted by atomic mass is 16.4. The van der Waals surface area contributed by atoms with Crippen molar-refractivity contribution in [1.29, 1.82) is 0 Å². The van der Waals surface area contributed by atoms with E-state index in [1.165, 1.54) is 12.8 Å². The molecule has 0 spiro atoms. The van der Waals surface area contributed by atoms with Crippen LogP contribution < -0.4 is 10.6 Å². The number of nitrogens with one attached hydrogen (secondary N) is 2. The summed E-state index contributed by atoms with van der Waals surface area (Å²) in [5.41, 5.74) is 0. The molecule has 2 rings (SSSR count). The summed E-state index contributed by atoms with van der Waals surface area (Å²) < 4.78 is 0. The maximum absolute atomic E-state index is 12.1. The molecule has 1 heterocycles. The lowest BCUT2D eigenvalue weighted by atomic mass is 9.93. The molecular formula is C13H22N2O3. The Morgan fingerprint density at radius 2 is 2.22 bits per heavy atom. The quantitative estimate of drug-likeness (QED) is 0.676. The lowest BCUT2D eigenvalue weighted by molar-refractivity contribution is -0.142. The predicted molar refractivity (Wildman–Crippen MR) is 67.1 cm³/mol. The number of carbonyl (C=O) groups excluding carboxylic acids is 1. The SMILES string of the molecule is CCCC(NC(=O)C1NCC2CCCC21)C(=O)O. The summed E-state index contributed by atoms with van der Waals surface area (Å²) in [4.78, 5) is 23.2. The summed E-state index contributed by atoms with van der Waals surface area (Å²) in [6.07, 6.45) is 4.71. The highest BCUT2D eigenvalue weighted by Gasteiger charge is 2.42. The van der Waals surface area contributed by atoms with Crippen LogP contribution in [-0.4, -0.2) is 35.6 Å². The Morgan fingerprint density at radius 1 is 1.44 bits per heavy atom. The number of rotatable bonds is 5. The molecule has 4 atom stereocenters. The second-order valence-electron chi connectivity index (χ2n) is 5.43. The van der Waals surface area contributed by atoms with Crippen LogP contribution in [0.2, 0.25) is 0 Å². The predicted octanol–water partition coefficient (Wildman–Crippen LogP) is 0.744. The van der Waals surface area contributed by atoms with Crippen molar-refractivity contribution in [3.8, 4) is 0 Å². The Labute approximate surface area is 107 Å². The normalized spacial score (nSPS) is 31.9. The van der Waals surface area contributed by atoms with Crippen molar-refractivity contribution in [2.75, 3.05) is 6.54 Å². The zero-order chi connectivity index (χ0) is 13.1. The van der Waals surface area contributed by atoms with E-state index in [0.29, 0.717) is 18.3 Å². The molecule has 1 aliphatic carbocycles. The van der Waals surface area contributed by atoms with Crippen LogP contribution in [0.4, 0.5) is 0 Å². The molecule has 1 saturated heterocycles. The summed E-state index contributed by atoms with van der Waals surface area (Å²) in [5.74, 6) is -0.0623.